The molecule has 262 valence electrons. The van der Waals surface area contributed by atoms with Crippen LogP contribution in [0.1, 0.15) is 0 Å². The van der Waals surface area contributed by atoms with Gasteiger partial charge in [0.25, 0.3) is 0 Å². The summed E-state index contributed by atoms with van der Waals surface area (Å²) in [6.07, 6.45) is 0. The van der Waals surface area contributed by atoms with E-state index in [4.69, 9.17) is 19.4 Å². The maximum absolute atomic E-state index is 6.48. The van der Waals surface area contributed by atoms with Crippen LogP contribution in [0.2, 0.25) is 0 Å². The molecular formula is C51H32N4O. The molecule has 0 aliphatic carbocycles. The van der Waals surface area contributed by atoms with Gasteiger partial charge < -0.3 is 8.98 Å². The number of fused-ring (bicyclic) bond motifs is 6. The second kappa shape index (κ2) is 13.0. The summed E-state index contributed by atoms with van der Waals surface area (Å²) in [6.45, 7) is 0. The Morgan fingerprint density at radius 2 is 0.893 bits per heavy atom. The summed E-state index contributed by atoms with van der Waals surface area (Å²) in [5.74, 6) is 1.87. The van der Waals surface area contributed by atoms with Crippen LogP contribution in [0, 0.1) is 0 Å². The average molecular weight is 717 g/mol. The van der Waals surface area contributed by atoms with Crippen LogP contribution in [0.15, 0.2) is 199 Å². The first-order chi connectivity index (χ1) is 27.7. The Morgan fingerprint density at radius 3 is 1.64 bits per heavy atom. The molecule has 0 fully saturated rings. The van der Waals surface area contributed by atoms with Crippen LogP contribution >= 0.6 is 0 Å². The van der Waals surface area contributed by atoms with Gasteiger partial charge in [-0.2, -0.15) is 0 Å². The van der Waals surface area contributed by atoms with Gasteiger partial charge in [0.2, 0.25) is 0 Å². The predicted octanol–water partition coefficient (Wildman–Crippen LogP) is 13.2. The number of hydrogen-bond donors (Lipinski definition) is 0. The molecule has 0 amide bonds. The zero-order valence-corrected chi connectivity index (χ0v) is 30.2. The molecule has 8 aromatic carbocycles. The molecule has 0 spiro atoms. The van der Waals surface area contributed by atoms with E-state index < -0.39 is 0 Å². The third kappa shape index (κ3) is 5.37. The van der Waals surface area contributed by atoms with E-state index >= 15 is 0 Å². The van der Waals surface area contributed by atoms with Crippen molar-refractivity contribution < 1.29 is 4.42 Å². The molecular weight excluding hydrogens is 685 g/mol. The van der Waals surface area contributed by atoms with Gasteiger partial charge in [-0.3, -0.25) is 0 Å². The summed E-state index contributed by atoms with van der Waals surface area (Å²) in [7, 11) is 0. The van der Waals surface area contributed by atoms with Crippen LogP contribution in [0.5, 0.6) is 0 Å². The Balaban J connectivity index is 1.04. The lowest BCUT2D eigenvalue weighted by atomic mass is 9.95. The van der Waals surface area contributed by atoms with Crippen molar-refractivity contribution in [2.75, 3.05) is 0 Å². The fourth-order valence-electron chi connectivity index (χ4n) is 8.02. The monoisotopic (exact) mass is 716 g/mol. The molecule has 3 heterocycles. The fourth-order valence-corrected chi connectivity index (χ4v) is 8.02. The summed E-state index contributed by atoms with van der Waals surface area (Å²) in [6, 6.07) is 67.5. The highest BCUT2D eigenvalue weighted by Crippen LogP contribution is 2.40. The van der Waals surface area contributed by atoms with Gasteiger partial charge in [0, 0.05) is 43.9 Å². The molecule has 56 heavy (non-hydrogen) atoms. The number of hydrogen-bond acceptors (Lipinski definition) is 4. The Kier molecular flexibility index (Phi) is 7.42. The molecule has 0 bridgehead atoms. The number of para-hydroxylation sites is 2. The Bertz CT molecular complexity index is 3180. The lowest BCUT2D eigenvalue weighted by Crippen LogP contribution is -2.00. The van der Waals surface area contributed by atoms with Crippen LogP contribution in [-0.4, -0.2) is 19.5 Å². The molecule has 0 atom stereocenters. The minimum atomic E-state index is 0.609. The molecule has 0 saturated heterocycles. The number of aromatic nitrogens is 4. The summed E-state index contributed by atoms with van der Waals surface area (Å²) < 4.78 is 8.83. The quantitative estimate of drug-likeness (QED) is 0.172. The van der Waals surface area contributed by atoms with Gasteiger partial charge in [-0.1, -0.05) is 133 Å². The van der Waals surface area contributed by atoms with Crippen molar-refractivity contribution in [3.8, 4) is 62.1 Å². The highest BCUT2D eigenvalue weighted by atomic mass is 16.3. The molecule has 0 aliphatic rings. The summed E-state index contributed by atoms with van der Waals surface area (Å²) in [5.41, 5.74) is 12.5. The van der Waals surface area contributed by atoms with Gasteiger partial charge >= 0.3 is 0 Å². The minimum Gasteiger partial charge on any atom is -0.456 e. The Labute approximate surface area is 322 Å². The molecule has 0 saturated carbocycles. The van der Waals surface area contributed by atoms with Crippen LogP contribution < -0.4 is 0 Å². The van der Waals surface area contributed by atoms with E-state index in [1.54, 1.807) is 0 Å². The lowest BCUT2D eigenvalue weighted by molar-refractivity contribution is 0.669. The molecule has 0 aliphatic heterocycles. The highest BCUT2D eigenvalue weighted by Gasteiger charge is 2.18. The zero-order chi connectivity index (χ0) is 37.0. The number of benzene rings is 8. The largest absolute Gasteiger partial charge is 0.456 e. The van der Waals surface area contributed by atoms with Gasteiger partial charge in [0.1, 0.15) is 11.2 Å². The van der Waals surface area contributed by atoms with E-state index in [2.05, 4.69) is 120 Å². The van der Waals surface area contributed by atoms with E-state index in [1.165, 1.54) is 27.4 Å². The Hall–Kier alpha value is -7.63. The number of furan rings is 1. The van der Waals surface area contributed by atoms with E-state index in [0.29, 0.717) is 17.5 Å². The van der Waals surface area contributed by atoms with Crippen molar-refractivity contribution in [2.45, 2.75) is 0 Å². The normalized spacial score (nSPS) is 11.6. The van der Waals surface area contributed by atoms with Crippen LogP contribution in [0.4, 0.5) is 0 Å². The summed E-state index contributed by atoms with van der Waals surface area (Å²) in [5, 5.41) is 4.53. The third-order valence-electron chi connectivity index (χ3n) is 10.6. The topological polar surface area (TPSA) is 56.7 Å². The van der Waals surface area contributed by atoms with E-state index in [1.807, 2.05) is 78.9 Å². The van der Waals surface area contributed by atoms with E-state index in [-0.39, 0.29) is 0 Å². The van der Waals surface area contributed by atoms with Crippen molar-refractivity contribution in [1.82, 2.24) is 19.5 Å². The molecule has 11 rings (SSSR count). The average Bonchev–Trinajstić information content (AvgIpc) is 3.82. The number of nitrogens with zero attached hydrogens (tertiary/aromatic N) is 4. The summed E-state index contributed by atoms with van der Waals surface area (Å²) in [4.78, 5) is 14.9. The maximum Gasteiger partial charge on any atom is 0.164 e. The van der Waals surface area contributed by atoms with Gasteiger partial charge in [0.05, 0.1) is 11.0 Å². The molecule has 11 aromatic rings. The maximum atomic E-state index is 6.48. The Morgan fingerprint density at radius 1 is 0.339 bits per heavy atom. The molecule has 0 radical (unpaired) electrons. The highest BCUT2D eigenvalue weighted by molar-refractivity contribution is 6.14. The molecule has 0 N–H and O–H groups in total. The van der Waals surface area contributed by atoms with Gasteiger partial charge in [-0.25, -0.2) is 15.0 Å². The standard InChI is InChI=1S/C51H32N4O/c1-4-14-33(15-5-1)49-52-50(34-16-6-2-7-17-34)54-51(53-49)38-27-29-46-43(32-38)48-40(23-13-25-47(48)56-46)37-19-12-18-35(30-37)36-26-28-45-42(31-36)41-22-10-11-24-44(41)55(45)39-20-8-3-9-21-39/h1-32H. The smallest absolute Gasteiger partial charge is 0.164 e. The predicted molar refractivity (Wildman–Crippen MR) is 229 cm³/mol. The van der Waals surface area contributed by atoms with Gasteiger partial charge in [-0.05, 0) is 82.9 Å². The second-order valence-electron chi connectivity index (χ2n) is 14.0. The van der Waals surface area contributed by atoms with Crippen LogP contribution in [0.25, 0.3) is 106 Å². The molecule has 5 nitrogen and oxygen atoms in total. The van der Waals surface area contributed by atoms with Crippen LogP contribution in [-0.2, 0) is 0 Å². The van der Waals surface area contributed by atoms with Crippen LogP contribution in [0.3, 0.4) is 0 Å². The zero-order valence-electron chi connectivity index (χ0n) is 30.2. The van der Waals surface area contributed by atoms with Gasteiger partial charge in [0.15, 0.2) is 17.5 Å². The van der Waals surface area contributed by atoms with Crippen molar-refractivity contribution in [1.29, 1.82) is 0 Å². The molecule has 5 heteroatoms. The first-order valence-corrected chi connectivity index (χ1v) is 18.8. The van der Waals surface area contributed by atoms with Gasteiger partial charge in [-0.15, -0.1) is 0 Å². The summed E-state index contributed by atoms with van der Waals surface area (Å²) >= 11 is 0. The molecule has 0 unspecified atom stereocenters. The minimum absolute atomic E-state index is 0.609. The second-order valence-corrected chi connectivity index (χ2v) is 14.0. The van der Waals surface area contributed by atoms with Crippen molar-refractivity contribution in [3.63, 3.8) is 0 Å². The SMILES string of the molecule is c1ccc(-c2nc(-c3ccccc3)nc(-c3ccc4oc5cccc(-c6cccc(-c7ccc8c(c7)c7ccccc7n8-c7ccccc7)c6)c5c4c3)n2)cc1. The van der Waals surface area contributed by atoms with E-state index in [0.717, 1.165) is 61.0 Å². The third-order valence-corrected chi connectivity index (χ3v) is 10.6. The van der Waals surface area contributed by atoms with E-state index in [9.17, 15) is 0 Å². The molecule has 3 aromatic heterocycles. The van der Waals surface area contributed by atoms with Crippen molar-refractivity contribution >= 4 is 43.7 Å². The first kappa shape index (κ1) is 31.9. The number of rotatable bonds is 6. The van der Waals surface area contributed by atoms with Crippen molar-refractivity contribution in [2.24, 2.45) is 0 Å². The van der Waals surface area contributed by atoms with Crippen molar-refractivity contribution in [3.05, 3.63) is 194 Å². The lowest BCUT2D eigenvalue weighted by Gasteiger charge is -2.10. The fraction of sp³-hybridized carbons (Fsp3) is 0. The first-order valence-electron chi connectivity index (χ1n) is 18.8.